The number of nitrogens with one attached hydrogen (secondary N) is 2. The van der Waals surface area contributed by atoms with Gasteiger partial charge >= 0.3 is 0 Å². The summed E-state index contributed by atoms with van der Waals surface area (Å²) in [7, 11) is 0. The van der Waals surface area contributed by atoms with Crippen molar-refractivity contribution in [3.63, 3.8) is 0 Å². The molecule has 0 aromatic heterocycles. The van der Waals surface area contributed by atoms with Crippen LogP contribution < -0.4 is 10.6 Å². The maximum atomic E-state index is 12.5. The van der Waals surface area contributed by atoms with Crippen LogP contribution in [0.25, 0.3) is 0 Å². The molecule has 2 N–H and O–H groups in total. The van der Waals surface area contributed by atoms with E-state index in [4.69, 9.17) is 4.74 Å². The molecule has 2 heterocycles. The Morgan fingerprint density at radius 1 is 1.24 bits per heavy atom. The highest BCUT2D eigenvalue weighted by molar-refractivity contribution is 5.78. The number of benzene rings is 1. The molecule has 25 heavy (non-hydrogen) atoms. The van der Waals surface area contributed by atoms with Crippen LogP contribution in [0, 0.1) is 6.92 Å². The lowest BCUT2D eigenvalue weighted by molar-refractivity contribution is -0.125. The van der Waals surface area contributed by atoms with Crippen molar-refractivity contribution in [2.75, 3.05) is 45.9 Å². The van der Waals surface area contributed by atoms with Gasteiger partial charge < -0.3 is 15.4 Å². The van der Waals surface area contributed by atoms with E-state index in [1.807, 2.05) is 0 Å². The average Bonchev–Trinajstić information content (AvgIpc) is 2.80. The Balaban J connectivity index is 1.52. The van der Waals surface area contributed by atoms with Gasteiger partial charge in [-0.05, 0) is 50.3 Å². The van der Waals surface area contributed by atoms with Gasteiger partial charge in [0, 0.05) is 38.4 Å². The Kier molecular flexibility index (Phi) is 6.45. The van der Waals surface area contributed by atoms with Gasteiger partial charge in [0.25, 0.3) is 0 Å². The standard InChI is InChI=1S/C20H31N3O2/c1-17-4-2-3-5-18(17)6-10-22-19(24)16-23-13-12-21-11-7-20(23)8-14-25-15-9-20/h2-5,21H,6-16H2,1H3,(H,22,24). The molecule has 3 rings (SSSR count). The summed E-state index contributed by atoms with van der Waals surface area (Å²) in [5.41, 5.74) is 2.73. The third-order valence-electron chi connectivity index (χ3n) is 5.73. The third kappa shape index (κ3) is 4.81. The lowest BCUT2D eigenvalue weighted by Crippen LogP contribution is -2.55. The molecule has 138 valence electrons. The summed E-state index contributed by atoms with van der Waals surface area (Å²) < 4.78 is 5.57. The van der Waals surface area contributed by atoms with Crippen LogP contribution in [0.15, 0.2) is 24.3 Å². The van der Waals surface area contributed by atoms with Gasteiger partial charge in [-0.3, -0.25) is 9.69 Å². The monoisotopic (exact) mass is 345 g/mol. The molecule has 0 aliphatic carbocycles. The zero-order chi connectivity index (χ0) is 17.5. The van der Waals surface area contributed by atoms with E-state index in [2.05, 4.69) is 46.7 Å². The second kappa shape index (κ2) is 8.79. The molecule has 1 aromatic rings. The van der Waals surface area contributed by atoms with Crippen LogP contribution in [0.2, 0.25) is 0 Å². The highest BCUT2D eigenvalue weighted by Crippen LogP contribution is 2.31. The van der Waals surface area contributed by atoms with E-state index >= 15 is 0 Å². The molecular weight excluding hydrogens is 314 g/mol. The lowest BCUT2D eigenvalue weighted by atomic mass is 9.85. The molecule has 2 saturated heterocycles. The highest BCUT2D eigenvalue weighted by Gasteiger charge is 2.39. The molecule has 2 fully saturated rings. The van der Waals surface area contributed by atoms with E-state index in [1.165, 1.54) is 11.1 Å². The van der Waals surface area contributed by atoms with E-state index in [9.17, 15) is 4.79 Å². The number of carbonyl (C=O) groups excluding carboxylic acids is 1. The van der Waals surface area contributed by atoms with Crippen molar-refractivity contribution in [2.24, 2.45) is 0 Å². The number of amides is 1. The van der Waals surface area contributed by atoms with Gasteiger partial charge in [-0.15, -0.1) is 0 Å². The minimum Gasteiger partial charge on any atom is -0.381 e. The molecule has 1 aromatic carbocycles. The summed E-state index contributed by atoms with van der Waals surface area (Å²) in [5.74, 6) is 0.140. The van der Waals surface area contributed by atoms with Crippen molar-refractivity contribution in [1.82, 2.24) is 15.5 Å². The van der Waals surface area contributed by atoms with Crippen LogP contribution in [0.4, 0.5) is 0 Å². The minimum absolute atomic E-state index is 0.134. The maximum Gasteiger partial charge on any atom is 0.234 e. The number of carbonyl (C=O) groups is 1. The first-order valence-corrected chi connectivity index (χ1v) is 9.54. The Morgan fingerprint density at radius 3 is 2.84 bits per heavy atom. The topological polar surface area (TPSA) is 53.6 Å². The van der Waals surface area contributed by atoms with Gasteiger partial charge in [-0.25, -0.2) is 0 Å². The van der Waals surface area contributed by atoms with E-state index in [1.54, 1.807) is 0 Å². The molecule has 5 nitrogen and oxygen atoms in total. The Hall–Kier alpha value is -1.43. The molecule has 0 bridgehead atoms. The largest absolute Gasteiger partial charge is 0.381 e. The first-order chi connectivity index (χ1) is 12.2. The third-order valence-corrected chi connectivity index (χ3v) is 5.73. The molecule has 0 atom stereocenters. The normalized spacial score (nSPS) is 21.0. The summed E-state index contributed by atoms with van der Waals surface area (Å²) >= 11 is 0. The molecule has 1 spiro atoms. The first-order valence-electron chi connectivity index (χ1n) is 9.54. The molecule has 1 amide bonds. The van der Waals surface area contributed by atoms with Crippen molar-refractivity contribution < 1.29 is 9.53 Å². The van der Waals surface area contributed by atoms with Crippen LogP contribution in [0.5, 0.6) is 0 Å². The second-order valence-electron chi connectivity index (χ2n) is 7.28. The van der Waals surface area contributed by atoms with Crippen molar-refractivity contribution in [3.05, 3.63) is 35.4 Å². The lowest BCUT2D eigenvalue weighted by Gasteiger charge is -2.45. The zero-order valence-electron chi connectivity index (χ0n) is 15.4. The Labute approximate surface area is 151 Å². The van der Waals surface area contributed by atoms with Crippen LogP contribution in [-0.2, 0) is 16.0 Å². The fraction of sp³-hybridized carbons (Fsp3) is 0.650. The summed E-state index contributed by atoms with van der Waals surface area (Å²) in [6.07, 6.45) is 4.06. The number of rotatable bonds is 5. The fourth-order valence-electron chi connectivity index (χ4n) is 4.08. The number of hydrogen-bond donors (Lipinski definition) is 2. The smallest absolute Gasteiger partial charge is 0.234 e. The molecule has 2 aliphatic rings. The highest BCUT2D eigenvalue weighted by atomic mass is 16.5. The van der Waals surface area contributed by atoms with Crippen molar-refractivity contribution >= 4 is 5.91 Å². The predicted octanol–water partition coefficient (Wildman–Crippen LogP) is 1.50. The van der Waals surface area contributed by atoms with Gasteiger partial charge in [-0.1, -0.05) is 24.3 Å². The van der Waals surface area contributed by atoms with Crippen molar-refractivity contribution in [3.8, 4) is 0 Å². The van der Waals surface area contributed by atoms with E-state index < -0.39 is 0 Å². The Morgan fingerprint density at radius 2 is 2.04 bits per heavy atom. The van der Waals surface area contributed by atoms with Crippen LogP contribution in [0.3, 0.4) is 0 Å². The van der Waals surface area contributed by atoms with E-state index in [0.29, 0.717) is 13.1 Å². The average molecular weight is 345 g/mol. The summed E-state index contributed by atoms with van der Waals surface area (Å²) in [6, 6.07) is 8.37. The number of nitrogens with zero attached hydrogens (tertiary/aromatic N) is 1. The summed E-state index contributed by atoms with van der Waals surface area (Å²) in [6.45, 7) is 7.87. The summed E-state index contributed by atoms with van der Waals surface area (Å²) in [4.78, 5) is 14.9. The van der Waals surface area contributed by atoms with Crippen LogP contribution in [-0.4, -0.2) is 62.3 Å². The fourth-order valence-corrected chi connectivity index (χ4v) is 4.08. The van der Waals surface area contributed by atoms with E-state index in [0.717, 1.165) is 58.5 Å². The molecule has 5 heteroatoms. The Bertz CT molecular complexity index is 570. The molecule has 2 aliphatic heterocycles. The van der Waals surface area contributed by atoms with Crippen molar-refractivity contribution in [2.45, 2.75) is 38.1 Å². The second-order valence-corrected chi connectivity index (χ2v) is 7.28. The predicted molar refractivity (Wildman–Crippen MR) is 99.7 cm³/mol. The van der Waals surface area contributed by atoms with Gasteiger partial charge in [-0.2, -0.15) is 0 Å². The zero-order valence-corrected chi connectivity index (χ0v) is 15.4. The van der Waals surface area contributed by atoms with Crippen LogP contribution >= 0.6 is 0 Å². The number of aryl methyl sites for hydroxylation is 1. The van der Waals surface area contributed by atoms with Gasteiger partial charge in [0.15, 0.2) is 0 Å². The van der Waals surface area contributed by atoms with E-state index in [-0.39, 0.29) is 11.4 Å². The molecule has 0 radical (unpaired) electrons. The SMILES string of the molecule is Cc1ccccc1CCNC(=O)CN1CCNCCC12CCOCC2. The number of hydrogen-bond acceptors (Lipinski definition) is 4. The summed E-state index contributed by atoms with van der Waals surface area (Å²) in [5, 5.41) is 6.59. The minimum atomic E-state index is 0.134. The van der Waals surface area contributed by atoms with Gasteiger partial charge in [0.05, 0.1) is 6.54 Å². The first kappa shape index (κ1) is 18.4. The molecule has 0 saturated carbocycles. The van der Waals surface area contributed by atoms with Gasteiger partial charge in [0.2, 0.25) is 5.91 Å². The van der Waals surface area contributed by atoms with Gasteiger partial charge in [0.1, 0.15) is 0 Å². The maximum absolute atomic E-state index is 12.5. The molecular formula is C20H31N3O2. The molecule has 0 unspecified atom stereocenters. The quantitative estimate of drug-likeness (QED) is 0.849. The van der Waals surface area contributed by atoms with Crippen molar-refractivity contribution in [1.29, 1.82) is 0 Å². The van der Waals surface area contributed by atoms with Crippen LogP contribution in [0.1, 0.15) is 30.4 Å². The number of ether oxygens (including phenoxy) is 1.